The molecule has 0 aliphatic heterocycles. The molecule has 1 aromatic carbocycles. The van der Waals surface area contributed by atoms with Crippen LogP contribution in [-0.4, -0.2) is 27.3 Å². The Morgan fingerprint density at radius 1 is 0.971 bits per heavy atom. The molecule has 2 aromatic rings. The van der Waals surface area contributed by atoms with Crippen molar-refractivity contribution in [3.05, 3.63) is 52.6 Å². The Bertz CT molecular complexity index is 912. The van der Waals surface area contributed by atoms with Gasteiger partial charge in [0, 0.05) is 25.2 Å². The first kappa shape index (κ1) is 27.8. The van der Waals surface area contributed by atoms with Crippen LogP contribution in [0.2, 0.25) is 0 Å². The van der Waals surface area contributed by atoms with E-state index in [4.69, 9.17) is 0 Å². The lowest BCUT2D eigenvalue weighted by atomic mass is 9.83. The molecule has 6 heteroatoms. The van der Waals surface area contributed by atoms with Crippen LogP contribution in [0.5, 0.6) is 0 Å². The zero-order valence-electron chi connectivity index (χ0n) is 22.1. The predicted molar refractivity (Wildman–Crippen MR) is 137 cm³/mol. The van der Waals surface area contributed by atoms with Crippen LogP contribution < -0.4 is 0 Å². The summed E-state index contributed by atoms with van der Waals surface area (Å²) in [4.78, 5) is 2.69. The number of aryl methyl sites for hydroxylation is 1. The Morgan fingerprint density at radius 3 is 2.17 bits per heavy atom. The van der Waals surface area contributed by atoms with Crippen LogP contribution in [0.1, 0.15) is 114 Å². The molecular weight excluding hydrogens is 447 g/mol. The average molecular weight is 492 g/mol. The summed E-state index contributed by atoms with van der Waals surface area (Å²) in [5.41, 5.74) is 2.80. The minimum Gasteiger partial charge on any atom is -0.296 e. The van der Waals surface area contributed by atoms with Gasteiger partial charge in [0.15, 0.2) is 0 Å². The van der Waals surface area contributed by atoms with Gasteiger partial charge in [-0.1, -0.05) is 83.6 Å². The van der Waals surface area contributed by atoms with E-state index in [9.17, 15) is 13.2 Å². The van der Waals surface area contributed by atoms with Gasteiger partial charge in [-0.05, 0) is 55.2 Å². The highest BCUT2D eigenvalue weighted by molar-refractivity contribution is 5.33. The van der Waals surface area contributed by atoms with Crippen molar-refractivity contribution in [2.24, 2.45) is 7.05 Å². The van der Waals surface area contributed by atoms with Crippen molar-refractivity contribution in [3.63, 3.8) is 0 Å². The second-order valence-corrected chi connectivity index (χ2v) is 11.3. The number of nitrogens with zero attached hydrogens (tertiary/aromatic N) is 3. The van der Waals surface area contributed by atoms with Gasteiger partial charge >= 0.3 is 0 Å². The third-order valence-electron chi connectivity index (χ3n) is 7.19. The van der Waals surface area contributed by atoms with E-state index in [0.717, 1.165) is 43.0 Å². The van der Waals surface area contributed by atoms with Gasteiger partial charge in [-0.15, -0.1) is 0 Å². The Kier molecular flexibility index (Phi) is 10.3. The lowest BCUT2D eigenvalue weighted by molar-refractivity contribution is 0.144. The van der Waals surface area contributed by atoms with Gasteiger partial charge in [0.1, 0.15) is 5.69 Å². The summed E-state index contributed by atoms with van der Waals surface area (Å²) in [5, 5.41) is 3.62. The topological polar surface area (TPSA) is 21.1 Å². The zero-order chi connectivity index (χ0) is 25.4. The number of alkyl halides is 2. The molecule has 0 atom stereocenters. The fourth-order valence-corrected chi connectivity index (χ4v) is 5.09. The summed E-state index contributed by atoms with van der Waals surface area (Å²) in [6.45, 7) is 9.12. The van der Waals surface area contributed by atoms with E-state index in [0.29, 0.717) is 6.42 Å². The van der Waals surface area contributed by atoms with Crippen LogP contribution in [0.25, 0.3) is 0 Å². The highest BCUT2D eigenvalue weighted by atomic mass is 19.3. The molecule has 3 nitrogen and oxygen atoms in total. The van der Waals surface area contributed by atoms with Crippen molar-refractivity contribution in [1.82, 2.24) is 14.7 Å². The predicted octanol–water partition coefficient (Wildman–Crippen LogP) is 8.12. The van der Waals surface area contributed by atoms with Crippen molar-refractivity contribution in [3.8, 4) is 0 Å². The number of aromatic nitrogens is 2. The highest BCUT2D eigenvalue weighted by Gasteiger charge is 2.29. The minimum absolute atomic E-state index is 0.0906. The maximum absolute atomic E-state index is 14.0. The van der Waals surface area contributed by atoms with Gasteiger partial charge in [-0.25, -0.2) is 13.5 Å². The van der Waals surface area contributed by atoms with Gasteiger partial charge in [-0.3, -0.25) is 4.90 Å². The number of hydrogen-bond donors (Lipinski definition) is 0. The molecule has 1 saturated carbocycles. The summed E-state index contributed by atoms with van der Waals surface area (Å²) in [6.07, 6.45) is 9.13. The van der Waals surface area contributed by atoms with E-state index in [1.807, 2.05) is 0 Å². The molecule has 0 N–H and O–H groups in total. The monoisotopic (exact) mass is 491 g/mol. The number of unbranched alkanes of at least 4 members (excludes halogenated alkanes) is 7. The quantitative estimate of drug-likeness (QED) is 0.235. The molecule has 0 spiro atoms. The van der Waals surface area contributed by atoms with Crippen molar-refractivity contribution in [2.75, 3.05) is 6.54 Å². The molecular formula is C29H44F3N3. The molecule has 0 unspecified atom stereocenters. The van der Waals surface area contributed by atoms with Crippen molar-refractivity contribution < 1.29 is 13.2 Å². The van der Waals surface area contributed by atoms with Crippen LogP contribution in [-0.2, 0) is 25.4 Å². The van der Waals surface area contributed by atoms with Crippen LogP contribution in [0.4, 0.5) is 13.2 Å². The number of hydrogen-bond acceptors (Lipinski definition) is 2. The molecule has 1 aliphatic rings. The van der Waals surface area contributed by atoms with E-state index in [-0.39, 0.29) is 11.0 Å². The molecule has 0 bridgehead atoms. The normalized spacial score (nSPS) is 14.4. The molecule has 0 radical (unpaired) electrons. The van der Waals surface area contributed by atoms with Crippen LogP contribution in [0.15, 0.2) is 24.3 Å². The van der Waals surface area contributed by atoms with Crippen LogP contribution in [0.3, 0.4) is 0 Å². The van der Waals surface area contributed by atoms with Gasteiger partial charge < -0.3 is 0 Å². The number of halogens is 3. The van der Waals surface area contributed by atoms with E-state index >= 15 is 0 Å². The first-order chi connectivity index (χ1) is 16.7. The van der Waals surface area contributed by atoms with Gasteiger partial charge in [0.05, 0.1) is 0 Å². The van der Waals surface area contributed by atoms with Crippen molar-refractivity contribution in [1.29, 1.82) is 0 Å². The van der Waals surface area contributed by atoms with E-state index in [2.05, 4.69) is 55.0 Å². The highest BCUT2D eigenvalue weighted by Crippen LogP contribution is 2.32. The maximum atomic E-state index is 14.0. The molecule has 1 fully saturated rings. The summed E-state index contributed by atoms with van der Waals surface area (Å²) in [6, 6.07) is 9.67. The fourth-order valence-electron chi connectivity index (χ4n) is 5.09. The number of benzene rings is 1. The molecule has 0 saturated heterocycles. The van der Waals surface area contributed by atoms with E-state index < -0.39 is 18.1 Å². The molecule has 1 heterocycles. The van der Waals surface area contributed by atoms with Crippen molar-refractivity contribution in [2.45, 2.75) is 116 Å². The third kappa shape index (κ3) is 8.37. The molecule has 1 aliphatic carbocycles. The second-order valence-electron chi connectivity index (χ2n) is 11.3. The SMILES string of the molecule is Cn1nc(C(F)F)c(CCCCCCCCCCN(Cc2ccccc2C(C)(C)C)C2CC2)c1F. The second kappa shape index (κ2) is 12.9. The Hall–Kier alpha value is -1.82. The van der Waals surface area contributed by atoms with Gasteiger partial charge in [0.2, 0.25) is 5.95 Å². The average Bonchev–Trinajstić information content (AvgIpc) is 3.61. The molecule has 1 aromatic heterocycles. The van der Waals surface area contributed by atoms with Crippen LogP contribution in [0, 0.1) is 5.95 Å². The minimum atomic E-state index is -2.72. The Morgan fingerprint density at radius 2 is 1.57 bits per heavy atom. The lowest BCUT2D eigenvalue weighted by Gasteiger charge is -2.28. The first-order valence-corrected chi connectivity index (χ1v) is 13.5. The third-order valence-corrected chi connectivity index (χ3v) is 7.19. The summed E-state index contributed by atoms with van der Waals surface area (Å²) >= 11 is 0. The molecule has 0 amide bonds. The Labute approximate surface area is 210 Å². The zero-order valence-corrected chi connectivity index (χ0v) is 22.1. The standard InChI is InChI=1S/C29H44F3N3/c1-29(2,3)25-17-13-12-15-22(25)21-35(23-18-19-23)20-14-10-8-6-5-7-9-11-16-24-26(27(30)31)33-34(4)28(24)32/h12-13,15,17,23,27H,5-11,14,16,18-21H2,1-4H3. The lowest BCUT2D eigenvalue weighted by Crippen LogP contribution is -2.28. The van der Waals surface area contributed by atoms with E-state index in [1.165, 1.54) is 63.2 Å². The molecule has 196 valence electrons. The Balaban J connectivity index is 1.29. The summed E-state index contributed by atoms with van der Waals surface area (Å²) in [7, 11) is 1.37. The van der Waals surface area contributed by atoms with Gasteiger partial charge in [-0.2, -0.15) is 9.49 Å². The molecule has 3 rings (SSSR count). The smallest absolute Gasteiger partial charge is 0.282 e. The maximum Gasteiger partial charge on any atom is 0.282 e. The van der Waals surface area contributed by atoms with E-state index in [1.54, 1.807) is 0 Å². The van der Waals surface area contributed by atoms with Crippen molar-refractivity contribution >= 4 is 0 Å². The summed E-state index contributed by atoms with van der Waals surface area (Å²) < 4.78 is 41.0. The van der Waals surface area contributed by atoms with Gasteiger partial charge in [0.25, 0.3) is 6.43 Å². The summed E-state index contributed by atoms with van der Waals surface area (Å²) in [5.74, 6) is -0.623. The fraction of sp³-hybridized carbons (Fsp3) is 0.690. The number of rotatable bonds is 15. The first-order valence-electron chi connectivity index (χ1n) is 13.5. The largest absolute Gasteiger partial charge is 0.296 e. The molecule has 35 heavy (non-hydrogen) atoms. The van der Waals surface area contributed by atoms with Crippen LogP contribution >= 0.6 is 0 Å².